The van der Waals surface area contributed by atoms with E-state index in [4.69, 9.17) is 32.7 Å². The van der Waals surface area contributed by atoms with Crippen LogP contribution in [0.15, 0.2) is 41.4 Å². The second-order valence-corrected chi connectivity index (χ2v) is 10.1. The Labute approximate surface area is 224 Å². The number of aliphatic imine (C=N–C) groups is 1. The minimum atomic E-state index is -0.193. The first-order valence-electron chi connectivity index (χ1n) is 13.0. The number of aryl methyl sites for hydroxylation is 1. The van der Waals surface area contributed by atoms with Gasteiger partial charge in [-0.25, -0.2) is 4.99 Å². The van der Waals surface area contributed by atoms with Gasteiger partial charge in [-0.2, -0.15) is 0 Å². The van der Waals surface area contributed by atoms with E-state index in [9.17, 15) is 4.79 Å². The number of esters is 1. The first-order chi connectivity index (χ1) is 17.5. The summed E-state index contributed by atoms with van der Waals surface area (Å²) >= 11 is 12.6. The van der Waals surface area contributed by atoms with Crippen LogP contribution in [-0.2, 0) is 16.0 Å². The van der Waals surface area contributed by atoms with Gasteiger partial charge in [0.2, 0.25) is 0 Å². The Morgan fingerprint density at radius 2 is 1.86 bits per heavy atom. The Hall–Kier alpha value is -2.28. The van der Waals surface area contributed by atoms with E-state index in [1.54, 1.807) is 0 Å². The lowest BCUT2D eigenvalue weighted by molar-refractivity contribution is -0.135. The Bertz CT molecular complexity index is 1070. The van der Waals surface area contributed by atoms with Crippen molar-refractivity contribution in [2.45, 2.75) is 51.9 Å². The SMILES string of the molecule is CCCCC(=O)OC1=Nc2cc(OCCCCN3CCN(c4cccc(Cl)c4Cl)CC3)ccc2CC1. The van der Waals surface area contributed by atoms with Crippen LogP contribution in [0.1, 0.15) is 51.0 Å². The Kier molecular flexibility index (Phi) is 9.90. The first kappa shape index (κ1) is 26.8. The van der Waals surface area contributed by atoms with Gasteiger partial charge in [0, 0.05) is 45.1 Å². The van der Waals surface area contributed by atoms with Crippen molar-refractivity contribution in [3.63, 3.8) is 0 Å². The third-order valence-corrected chi connectivity index (χ3v) is 7.47. The van der Waals surface area contributed by atoms with Crippen molar-refractivity contribution in [2.75, 3.05) is 44.2 Å². The van der Waals surface area contributed by atoms with Crippen molar-refractivity contribution in [3.05, 3.63) is 52.0 Å². The fourth-order valence-corrected chi connectivity index (χ4v) is 4.95. The lowest BCUT2D eigenvalue weighted by Crippen LogP contribution is -2.46. The van der Waals surface area contributed by atoms with Gasteiger partial charge in [-0.15, -0.1) is 0 Å². The molecule has 2 aromatic rings. The van der Waals surface area contributed by atoms with E-state index >= 15 is 0 Å². The number of fused-ring (bicyclic) bond motifs is 1. The molecule has 0 amide bonds. The molecule has 2 heterocycles. The predicted molar refractivity (Wildman–Crippen MR) is 147 cm³/mol. The number of benzene rings is 2. The van der Waals surface area contributed by atoms with Gasteiger partial charge >= 0.3 is 5.97 Å². The molecule has 0 unspecified atom stereocenters. The lowest BCUT2D eigenvalue weighted by Gasteiger charge is -2.36. The van der Waals surface area contributed by atoms with Crippen molar-refractivity contribution in [1.82, 2.24) is 4.90 Å². The molecule has 4 rings (SSSR count). The fraction of sp³-hybridized carbons (Fsp3) is 0.500. The molecule has 194 valence electrons. The van der Waals surface area contributed by atoms with Gasteiger partial charge in [-0.1, -0.05) is 48.7 Å². The number of hydrogen-bond donors (Lipinski definition) is 0. The highest BCUT2D eigenvalue weighted by molar-refractivity contribution is 6.43. The molecule has 6 nitrogen and oxygen atoms in total. The zero-order chi connectivity index (χ0) is 25.3. The molecular formula is C28H35Cl2N3O3. The zero-order valence-corrected chi connectivity index (χ0v) is 22.5. The molecule has 0 aromatic heterocycles. The summed E-state index contributed by atoms with van der Waals surface area (Å²) in [5.41, 5.74) is 3.03. The molecular weight excluding hydrogens is 497 g/mol. The molecule has 1 fully saturated rings. The number of piperazine rings is 1. The molecule has 0 bridgehead atoms. The number of anilines is 1. The topological polar surface area (TPSA) is 54.4 Å². The van der Waals surface area contributed by atoms with Gasteiger partial charge in [-0.3, -0.25) is 9.69 Å². The highest BCUT2D eigenvalue weighted by atomic mass is 35.5. The largest absolute Gasteiger partial charge is 0.494 e. The number of halogens is 2. The van der Waals surface area contributed by atoms with Crippen LogP contribution >= 0.6 is 23.2 Å². The van der Waals surface area contributed by atoms with Crippen molar-refractivity contribution >= 4 is 46.4 Å². The number of unbranched alkanes of at least 4 members (excludes halogenated alkanes) is 2. The summed E-state index contributed by atoms with van der Waals surface area (Å²) in [6, 6.07) is 11.8. The van der Waals surface area contributed by atoms with E-state index < -0.39 is 0 Å². The summed E-state index contributed by atoms with van der Waals surface area (Å²) in [5.74, 6) is 1.13. The Balaban J connectivity index is 1.17. The number of rotatable bonds is 10. The van der Waals surface area contributed by atoms with E-state index in [0.717, 1.165) is 87.5 Å². The van der Waals surface area contributed by atoms with Crippen LogP contribution in [0.25, 0.3) is 0 Å². The molecule has 2 aromatic carbocycles. The van der Waals surface area contributed by atoms with Gasteiger partial charge in [-0.05, 0) is 56.0 Å². The monoisotopic (exact) mass is 531 g/mol. The van der Waals surface area contributed by atoms with Crippen molar-refractivity contribution < 1.29 is 14.3 Å². The van der Waals surface area contributed by atoms with Crippen molar-refractivity contribution in [1.29, 1.82) is 0 Å². The highest BCUT2D eigenvalue weighted by Crippen LogP contribution is 2.33. The summed E-state index contributed by atoms with van der Waals surface area (Å²) in [5, 5.41) is 1.25. The number of ether oxygens (including phenoxy) is 2. The predicted octanol–water partition coefficient (Wildman–Crippen LogP) is 6.68. The second-order valence-electron chi connectivity index (χ2n) is 9.33. The molecule has 2 aliphatic heterocycles. The van der Waals surface area contributed by atoms with Crippen LogP contribution in [0.5, 0.6) is 5.75 Å². The molecule has 0 saturated carbocycles. The van der Waals surface area contributed by atoms with Gasteiger partial charge in [0.15, 0.2) is 5.90 Å². The van der Waals surface area contributed by atoms with Crippen molar-refractivity contribution in [3.8, 4) is 5.75 Å². The highest BCUT2D eigenvalue weighted by Gasteiger charge is 2.20. The first-order valence-corrected chi connectivity index (χ1v) is 13.7. The third-order valence-electron chi connectivity index (χ3n) is 6.66. The average molecular weight is 533 g/mol. The van der Waals surface area contributed by atoms with Gasteiger partial charge < -0.3 is 14.4 Å². The van der Waals surface area contributed by atoms with Crippen LogP contribution in [0, 0.1) is 0 Å². The lowest BCUT2D eigenvalue weighted by atomic mass is 10.0. The van der Waals surface area contributed by atoms with Crippen LogP contribution in [0.3, 0.4) is 0 Å². The molecule has 0 N–H and O–H groups in total. The summed E-state index contributed by atoms with van der Waals surface area (Å²) in [7, 11) is 0. The smallest absolute Gasteiger partial charge is 0.312 e. The Morgan fingerprint density at radius 1 is 1.03 bits per heavy atom. The quantitative estimate of drug-likeness (QED) is 0.252. The molecule has 0 aliphatic carbocycles. The molecule has 0 radical (unpaired) electrons. The van der Waals surface area contributed by atoms with Crippen molar-refractivity contribution in [2.24, 2.45) is 4.99 Å². The minimum absolute atomic E-state index is 0.193. The third kappa shape index (κ3) is 7.37. The zero-order valence-electron chi connectivity index (χ0n) is 21.0. The van der Waals surface area contributed by atoms with Crippen LogP contribution in [0.4, 0.5) is 11.4 Å². The normalized spacial score (nSPS) is 15.9. The number of hydrogen-bond acceptors (Lipinski definition) is 6. The maximum atomic E-state index is 11.9. The maximum absolute atomic E-state index is 11.9. The van der Waals surface area contributed by atoms with Gasteiger partial charge in [0.05, 0.1) is 28.0 Å². The minimum Gasteiger partial charge on any atom is -0.494 e. The molecule has 0 atom stereocenters. The van der Waals surface area contributed by atoms with E-state index in [0.29, 0.717) is 35.4 Å². The second kappa shape index (κ2) is 13.3. The summed E-state index contributed by atoms with van der Waals surface area (Å²) in [6.07, 6.45) is 5.81. The molecule has 0 spiro atoms. The van der Waals surface area contributed by atoms with Crippen LogP contribution in [0.2, 0.25) is 10.0 Å². The summed E-state index contributed by atoms with van der Waals surface area (Å²) in [4.78, 5) is 21.3. The van der Waals surface area contributed by atoms with E-state index in [1.165, 1.54) is 0 Å². The number of carbonyl (C=O) groups is 1. The van der Waals surface area contributed by atoms with Crippen LogP contribution in [-0.4, -0.2) is 56.1 Å². The molecule has 36 heavy (non-hydrogen) atoms. The maximum Gasteiger partial charge on any atom is 0.312 e. The number of carbonyl (C=O) groups excluding carboxylic acids is 1. The average Bonchev–Trinajstić information content (AvgIpc) is 2.89. The molecule has 8 heteroatoms. The molecule has 2 aliphatic rings. The summed E-state index contributed by atoms with van der Waals surface area (Å²) in [6.45, 7) is 7.70. The summed E-state index contributed by atoms with van der Waals surface area (Å²) < 4.78 is 11.5. The fourth-order valence-electron chi connectivity index (χ4n) is 4.53. The Morgan fingerprint density at radius 3 is 2.67 bits per heavy atom. The molecule has 1 saturated heterocycles. The van der Waals surface area contributed by atoms with E-state index in [2.05, 4.69) is 27.8 Å². The number of nitrogens with zero attached hydrogens (tertiary/aromatic N) is 3. The van der Waals surface area contributed by atoms with E-state index in [1.807, 2.05) is 30.3 Å². The van der Waals surface area contributed by atoms with Gasteiger partial charge in [0.1, 0.15) is 5.75 Å². The standard InChI is InChI=1S/C28H35Cl2N3O3/c1-2-3-9-27(34)36-26-13-11-21-10-12-22(20-24(21)31-26)35-19-5-4-14-32-15-17-33(18-16-32)25-8-6-7-23(29)28(25)30/h6-8,10,12,20H,2-5,9,11,13-19H2,1H3. The van der Waals surface area contributed by atoms with Gasteiger partial charge in [0.25, 0.3) is 0 Å². The van der Waals surface area contributed by atoms with E-state index in [-0.39, 0.29) is 5.97 Å². The van der Waals surface area contributed by atoms with Crippen LogP contribution < -0.4 is 9.64 Å².